The minimum absolute atomic E-state index is 0.0417. The molecule has 0 bridgehead atoms. The van der Waals surface area contributed by atoms with E-state index in [2.05, 4.69) is 5.92 Å². The van der Waals surface area contributed by atoms with Crippen LogP contribution in [-0.4, -0.2) is 19.3 Å². The van der Waals surface area contributed by atoms with E-state index in [1.807, 2.05) is 6.92 Å². The molecular weight excluding hydrogens is 102 g/mol. The maximum absolute atomic E-state index is 5.37. The lowest BCUT2D eigenvalue weighted by Crippen LogP contribution is -2.31. The molecule has 0 saturated carbocycles. The molecule has 0 saturated heterocycles. The average molecular weight is 113 g/mol. The zero-order valence-electron chi connectivity index (χ0n) is 5.22. The molecule has 0 aromatic heterocycles. The van der Waals surface area contributed by atoms with Gasteiger partial charge in [-0.1, -0.05) is 5.92 Å². The van der Waals surface area contributed by atoms with Gasteiger partial charge in [0, 0.05) is 7.11 Å². The summed E-state index contributed by atoms with van der Waals surface area (Å²) in [6.07, 6.45) is 4.95. The van der Waals surface area contributed by atoms with Gasteiger partial charge in [0.15, 0.2) is 0 Å². The van der Waals surface area contributed by atoms with Gasteiger partial charge < -0.3 is 10.5 Å². The molecule has 0 aromatic carbocycles. The van der Waals surface area contributed by atoms with Crippen LogP contribution < -0.4 is 5.73 Å². The molecule has 0 aliphatic carbocycles. The molecule has 0 aliphatic heterocycles. The molecule has 2 N–H and O–H groups in total. The van der Waals surface area contributed by atoms with Gasteiger partial charge in [0.2, 0.25) is 0 Å². The number of rotatable bonds is 2. The Morgan fingerprint density at radius 3 is 2.38 bits per heavy atom. The molecule has 2 atom stereocenters. The minimum Gasteiger partial charge on any atom is -0.379 e. The quantitative estimate of drug-likeness (QED) is 0.511. The van der Waals surface area contributed by atoms with Crippen molar-refractivity contribution >= 4 is 0 Å². The van der Waals surface area contributed by atoms with E-state index in [4.69, 9.17) is 16.9 Å². The Labute approximate surface area is 50.0 Å². The number of nitrogens with two attached hydrogens (primary N) is 1. The van der Waals surface area contributed by atoms with Crippen LogP contribution in [-0.2, 0) is 4.74 Å². The maximum Gasteiger partial charge on any atom is 0.0924 e. The molecule has 0 fully saturated rings. The predicted octanol–water partition coefficient (Wildman–Crippen LogP) is -0.0182. The van der Waals surface area contributed by atoms with Crippen molar-refractivity contribution in [3.63, 3.8) is 0 Å². The largest absolute Gasteiger partial charge is 0.379 e. The number of terminal acetylenes is 1. The lowest BCUT2D eigenvalue weighted by Gasteiger charge is -2.10. The molecule has 0 unspecified atom stereocenters. The lowest BCUT2D eigenvalue weighted by molar-refractivity contribution is 0.110. The van der Waals surface area contributed by atoms with E-state index in [0.29, 0.717) is 0 Å². The van der Waals surface area contributed by atoms with E-state index in [0.717, 1.165) is 0 Å². The van der Waals surface area contributed by atoms with Crippen molar-refractivity contribution < 1.29 is 4.74 Å². The molecule has 2 heteroatoms. The van der Waals surface area contributed by atoms with Crippen LogP contribution in [0.3, 0.4) is 0 Å². The molecular formula is C6H11NO. The molecule has 0 heterocycles. The number of methoxy groups -OCH3 is 1. The van der Waals surface area contributed by atoms with Gasteiger partial charge >= 0.3 is 0 Å². The SMILES string of the molecule is C#C[C@H](N)[C@H](C)OC. The zero-order valence-corrected chi connectivity index (χ0v) is 5.22. The van der Waals surface area contributed by atoms with Gasteiger partial charge in [-0.15, -0.1) is 6.42 Å². The second-order valence-electron chi connectivity index (χ2n) is 1.63. The van der Waals surface area contributed by atoms with Gasteiger partial charge in [0.05, 0.1) is 12.1 Å². The topological polar surface area (TPSA) is 35.2 Å². The fourth-order valence-corrected chi connectivity index (χ4v) is 0.282. The van der Waals surface area contributed by atoms with Crippen LogP contribution in [0.1, 0.15) is 6.92 Å². The molecule has 0 spiro atoms. The van der Waals surface area contributed by atoms with Gasteiger partial charge in [0.25, 0.3) is 0 Å². The summed E-state index contributed by atoms with van der Waals surface area (Å²) in [5.41, 5.74) is 5.37. The number of hydrogen-bond donors (Lipinski definition) is 1. The summed E-state index contributed by atoms with van der Waals surface area (Å²) in [5, 5.41) is 0. The Balaban J connectivity index is 3.49. The van der Waals surface area contributed by atoms with E-state index >= 15 is 0 Å². The highest BCUT2D eigenvalue weighted by molar-refractivity contribution is 4.99. The zero-order chi connectivity index (χ0) is 6.57. The normalized spacial score (nSPS) is 16.8. The van der Waals surface area contributed by atoms with Crippen molar-refractivity contribution in [2.45, 2.75) is 19.1 Å². The summed E-state index contributed by atoms with van der Waals surface area (Å²) in [5.74, 6) is 2.37. The van der Waals surface area contributed by atoms with Gasteiger partial charge in [-0.3, -0.25) is 0 Å². The first-order chi connectivity index (χ1) is 3.72. The summed E-state index contributed by atoms with van der Waals surface area (Å²) >= 11 is 0. The summed E-state index contributed by atoms with van der Waals surface area (Å²) < 4.78 is 4.84. The number of hydrogen-bond acceptors (Lipinski definition) is 2. The van der Waals surface area contributed by atoms with Crippen molar-refractivity contribution in [3.8, 4) is 12.3 Å². The van der Waals surface area contributed by atoms with Gasteiger partial charge in [-0.05, 0) is 6.92 Å². The van der Waals surface area contributed by atoms with Crippen LogP contribution in [0.2, 0.25) is 0 Å². The van der Waals surface area contributed by atoms with Crippen LogP contribution in [0, 0.1) is 12.3 Å². The summed E-state index contributed by atoms with van der Waals surface area (Å²) in [6, 6.07) is -0.278. The molecule has 2 nitrogen and oxygen atoms in total. The van der Waals surface area contributed by atoms with E-state index in [1.165, 1.54) is 0 Å². The standard InChI is InChI=1S/C6H11NO/c1-4-6(7)5(2)8-3/h1,5-6H,7H2,2-3H3/t5-,6-/m0/s1. The second-order valence-corrected chi connectivity index (χ2v) is 1.63. The fraction of sp³-hybridized carbons (Fsp3) is 0.667. The third-order valence-corrected chi connectivity index (χ3v) is 1.07. The van der Waals surface area contributed by atoms with Gasteiger partial charge in [0.1, 0.15) is 0 Å². The van der Waals surface area contributed by atoms with Gasteiger partial charge in [-0.2, -0.15) is 0 Å². The molecule has 0 radical (unpaired) electrons. The monoisotopic (exact) mass is 113 g/mol. The van der Waals surface area contributed by atoms with Crippen molar-refractivity contribution in [2.75, 3.05) is 7.11 Å². The lowest BCUT2D eigenvalue weighted by atomic mass is 10.2. The summed E-state index contributed by atoms with van der Waals surface area (Å²) in [6.45, 7) is 1.84. The Bertz CT molecular complexity index is 95.2. The van der Waals surface area contributed by atoms with Crippen molar-refractivity contribution in [3.05, 3.63) is 0 Å². The van der Waals surface area contributed by atoms with Crippen molar-refractivity contribution in [1.82, 2.24) is 0 Å². The van der Waals surface area contributed by atoms with Crippen LogP contribution in [0.4, 0.5) is 0 Å². The van der Waals surface area contributed by atoms with E-state index in [1.54, 1.807) is 7.11 Å². The Morgan fingerprint density at radius 2 is 2.25 bits per heavy atom. The van der Waals surface area contributed by atoms with Gasteiger partial charge in [-0.25, -0.2) is 0 Å². The highest BCUT2D eigenvalue weighted by Crippen LogP contribution is 1.90. The molecule has 0 aliphatic rings. The molecule has 8 heavy (non-hydrogen) atoms. The van der Waals surface area contributed by atoms with E-state index < -0.39 is 0 Å². The molecule has 0 amide bonds. The van der Waals surface area contributed by atoms with E-state index in [-0.39, 0.29) is 12.1 Å². The second kappa shape index (κ2) is 3.48. The Morgan fingerprint density at radius 1 is 1.75 bits per heavy atom. The highest BCUT2D eigenvalue weighted by Gasteiger charge is 2.05. The highest BCUT2D eigenvalue weighted by atomic mass is 16.5. The van der Waals surface area contributed by atoms with Crippen LogP contribution >= 0.6 is 0 Å². The Hall–Kier alpha value is -0.520. The Kier molecular flexibility index (Phi) is 3.25. The predicted molar refractivity (Wildman–Crippen MR) is 33.3 cm³/mol. The third kappa shape index (κ3) is 1.97. The number of ether oxygens (including phenoxy) is 1. The van der Waals surface area contributed by atoms with Crippen LogP contribution in [0.25, 0.3) is 0 Å². The molecule has 46 valence electrons. The van der Waals surface area contributed by atoms with E-state index in [9.17, 15) is 0 Å². The average Bonchev–Trinajstić information content (AvgIpc) is 1.84. The van der Waals surface area contributed by atoms with Crippen molar-refractivity contribution in [2.24, 2.45) is 5.73 Å². The first-order valence-corrected chi connectivity index (χ1v) is 2.47. The fourth-order valence-electron chi connectivity index (χ4n) is 0.282. The van der Waals surface area contributed by atoms with Crippen LogP contribution in [0.15, 0.2) is 0 Å². The minimum atomic E-state index is -0.278. The first-order valence-electron chi connectivity index (χ1n) is 2.47. The first kappa shape index (κ1) is 7.48. The van der Waals surface area contributed by atoms with Crippen molar-refractivity contribution in [1.29, 1.82) is 0 Å². The smallest absolute Gasteiger partial charge is 0.0924 e. The summed E-state index contributed by atoms with van der Waals surface area (Å²) in [7, 11) is 1.59. The molecule has 0 aromatic rings. The van der Waals surface area contributed by atoms with Crippen LogP contribution in [0.5, 0.6) is 0 Å². The third-order valence-electron chi connectivity index (χ3n) is 1.07. The maximum atomic E-state index is 5.37. The molecule has 0 rings (SSSR count). The summed E-state index contributed by atoms with van der Waals surface area (Å²) in [4.78, 5) is 0.